The van der Waals surface area contributed by atoms with E-state index in [9.17, 15) is 9.59 Å². The van der Waals surface area contributed by atoms with Gasteiger partial charge < -0.3 is 4.74 Å². The summed E-state index contributed by atoms with van der Waals surface area (Å²) in [7, 11) is 0. The number of hydrazone groups is 1. The molecule has 0 unspecified atom stereocenters. The van der Waals surface area contributed by atoms with Crippen LogP contribution >= 0.6 is 0 Å². The molecule has 8 rings (SSSR count). The van der Waals surface area contributed by atoms with Gasteiger partial charge in [0.2, 0.25) is 0 Å². The van der Waals surface area contributed by atoms with Gasteiger partial charge >= 0.3 is 0 Å². The van der Waals surface area contributed by atoms with Crippen LogP contribution in [-0.2, 0) is 16.2 Å². The lowest BCUT2D eigenvalue weighted by Gasteiger charge is -2.45. The zero-order valence-electron chi connectivity index (χ0n) is 20.0. The molecule has 180 valence electrons. The van der Waals surface area contributed by atoms with Crippen molar-refractivity contribution < 1.29 is 14.3 Å². The molecule has 3 aliphatic carbocycles. The van der Waals surface area contributed by atoms with Gasteiger partial charge in [-0.05, 0) is 57.6 Å². The number of carbonyl (C=O) groups excluding carboxylic acids is 2. The minimum absolute atomic E-state index is 0.125. The minimum Gasteiger partial charge on any atom is -0.489 e. The SMILES string of the molecule is O=C1[C@H]2C3c4ccccc4C(c4ccccc43)[C@@H]2C(=O)N1/N=C\c1ccc(OCc2ccccc2)cc1. The highest BCUT2D eigenvalue weighted by molar-refractivity contribution is 6.08. The van der Waals surface area contributed by atoms with E-state index in [1.165, 1.54) is 0 Å². The summed E-state index contributed by atoms with van der Waals surface area (Å²) in [5.41, 5.74) is 6.52. The number of hydrogen-bond donors (Lipinski definition) is 0. The van der Waals surface area contributed by atoms with Crippen molar-refractivity contribution in [3.05, 3.63) is 137 Å². The lowest BCUT2D eigenvalue weighted by molar-refractivity contribution is -0.139. The molecule has 1 saturated heterocycles. The van der Waals surface area contributed by atoms with E-state index >= 15 is 0 Å². The molecule has 1 heterocycles. The van der Waals surface area contributed by atoms with Crippen LogP contribution in [0.4, 0.5) is 0 Å². The van der Waals surface area contributed by atoms with Crippen molar-refractivity contribution in [2.24, 2.45) is 16.9 Å². The summed E-state index contributed by atoms with van der Waals surface area (Å²) < 4.78 is 5.85. The summed E-state index contributed by atoms with van der Waals surface area (Å²) in [6.45, 7) is 0.487. The predicted molar refractivity (Wildman–Crippen MR) is 140 cm³/mol. The highest BCUT2D eigenvalue weighted by Gasteiger charge is 2.61. The molecule has 0 N–H and O–H groups in total. The summed E-state index contributed by atoms with van der Waals surface area (Å²) in [5, 5.41) is 5.50. The van der Waals surface area contributed by atoms with E-state index in [-0.39, 0.29) is 23.7 Å². The van der Waals surface area contributed by atoms with Gasteiger partial charge in [-0.15, -0.1) is 0 Å². The number of ether oxygens (including phenoxy) is 1. The molecule has 5 heteroatoms. The van der Waals surface area contributed by atoms with Crippen LogP contribution in [0.5, 0.6) is 5.75 Å². The van der Waals surface area contributed by atoms with Gasteiger partial charge in [-0.25, -0.2) is 0 Å². The molecule has 0 saturated carbocycles. The van der Waals surface area contributed by atoms with Crippen molar-refractivity contribution in [3.8, 4) is 5.75 Å². The molecule has 5 nitrogen and oxygen atoms in total. The molecule has 2 amide bonds. The Morgan fingerprint density at radius 1 is 0.649 bits per heavy atom. The first-order chi connectivity index (χ1) is 18.2. The molecule has 4 aliphatic rings. The fourth-order valence-electron chi connectivity index (χ4n) is 6.29. The second-order valence-electron chi connectivity index (χ2n) is 9.84. The summed E-state index contributed by atoms with van der Waals surface area (Å²) in [6, 6.07) is 33.9. The smallest absolute Gasteiger partial charge is 0.254 e. The Hall–Kier alpha value is -4.51. The number of benzene rings is 4. The van der Waals surface area contributed by atoms with E-state index in [1.807, 2.05) is 78.9 Å². The van der Waals surface area contributed by atoms with Gasteiger partial charge in [-0.1, -0.05) is 78.9 Å². The summed E-state index contributed by atoms with van der Waals surface area (Å²) >= 11 is 0. The first-order valence-electron chi connectivity index (χ1n) is 12.6. The Morgan fingerprint density at radius 2 is 1.14 bits per heavy atom. The standard InChI is InChI=1S/C32H24N2O3/c35-31-29-27-23-10-4-5-11-24(23)28(26-13-7-6-12-25(26)27)30(29)32(36)34(31)33-18-20-14-16-22(17-15-20)37-19-21-8-2-1-3-9-21/h1-18,27-30H,19H2/b33-18-/t27?,28?,29-,30-/m0/s1. The van der Waals surface area contributed by atoms with Crippen LogP contribution in [0, 0.1) is 11.8 Å². The topological polar surface area (TPSA) is 59.0 Å². The van der Waals surface area contributed by atoms with Crippen molar-refractivity contribution in [1.82, 2.24) is 5.01 Å². The van der Waals surface area contributed by atoms with Crippen LogP contribution in [0.3, 0.4) is 0 Å². The van der Waals surface area contributed by atoms with Crippen LogP contribution < -0.4 is 4.74 Å². The van der Waals surface area contributed by atoms with Gasteiger partial charge in [-0.2, -0.15) is 10.1 Å². The monoisotopic (exact) mass is 484 g/mol. The van der Waals surface area contributed by atoms with E-state index < -0.39 is 11.8 Å². The lowest BCUT2D eigenvalue weighted by atomic mass is 9.55. The second-order valence-corrected chi connectivity index (χ2v) is 9.84. The molecule has 0 aromatic heterocycles. The number of carbonyl (C=O) groups is 2. The third-order valence-corrected chi connectivity index (χ3v) is 7.88. The molecule has 4 aromatic rings. The van der Waals surface area contributed by atoms with Crippen molar-refractivity contribution in [2.75, 3.05) is 0 Å². The highest BCUT2D eigenvalue weighted by atomic mass is 16.5. The summed E-state index contributed by atoms with van der Waals surface area (Å²) in [5.74, 6) is -0.782. The normalized spacial score (nSPS) is 23.2. The molecule has 2 atom stereocenters. The first kappa shape index (κ1) is 21.7. The van der Waals surface area contributed by atoms with Crippen molar-refractivity contribution in [3.63, 3.8) is 0 Å². The Labute approximate surface area is 215 Å². The third-order valence-electron chi connectivity index (χ3n) is 7.88. The first-order valence-corrected chi connectivity index (χ1v) is 12.6. The predicted octanol–water partition coefficient (Wildman–Crippen LogP) is 5.49. The summed E-state index contributed by atoms with van der Waals surface area (Å²) in [4.78, 5) is 27.3. The number of hydrogen-bond acceptors (Lipinski definition) is 4. The second kappa shape index (κ2) is 8.56. The minimum atomic E-state index is -0.423. The maximum Gasteiger partial charge on any atom is 0.254 e. The molecule has 2 bridgehead atoms. The lowest BCUT2D eigenvalue weighted by Crippen LogP contribution is -2.41. The fraction of sp³-hybridized carbons (Fsp3) is 0.156. The molecule has 4 aromatic carbocycles. The molecule has 1 fully saturated rings. The molecular formula is C32H24N2O3. The highest BCUT2D eigenvalue weighted by Crippen LogP contribution is 2.60. The maximum absolute atomic E-state index is 13.6. The van der Waals surface area contributed by atoms with E-state index in [0.717, 1.165) is 44.1 Å². The van der Waals surface area contributed by atoms with Crippen LogP contribution in [0.1, 0.15) is 45.2 Å². The average molecular weight is 485 g/mol. The quantitative estimate of drug-likeness (QED) is 0.278. The average Bonchev–Trinajstić information content (AvgIpc) is 3.21. The van der Waals surface area contributed by atoms with Gasteiger partial charge in [-0.3, -0.25) is 9.59 Å². The molecular weight excluding hydrogens is 460 g/mol. The molecule has 0 spiro atoms. The van der Waals surface area contributed by atoms with E-state index in [1.54, 1.807) is 6.21 Å². The van der Waals surface area contributed by atoms with E-state index in [0.29, 0.717) is 6.61 Å². The van der Waals surface area contributed by atoms with Crippen molar-refractivity contribution in [2.45, 2.75) is 18.4 Å². The molecule has 0 radical (unpaired) electrons. The number of imide groups is 1. The van der Waals surface area contributed by atoms with Crippen molar-refractivity contribution in [1.29, 1.82) is 0 Å². The Kier molecular flexibility index (Phi) is 5.03. The fourth-order valence-corrected chi connectivity index (χ4v) is 6.29. The Balaban J connectivity index is 1.14. The summed E-state index contributed by atoms with van der Waals surface area (Å²) in [6.07, 6.45) is 1.58. The van der Waals surface area contributed by atoms with Crippen LogP contribution in [0.15, 0.2) is 108 Å². The van der Waals surface area contributed by atoms with Crippen LogP contribution in [-0.4, -0.2) is 23.0 Å². The van der Waals surface area contributed by atoms with Crippen molar-refractivity contribution >= 4 is 18.0 Å². The third kappa shape index (κ3) is 3.42. The zero-order valence-corrected chi connectivity index (χ0v) is 20.0. The van der Waals surface area contributed by atoms with Crippen LogP contribution in [0.2, 0.25) is 0 Å². The van der Waals surface area contributed by atoms with E-state index in [4.69, 9.17) is 4.74 Å². The van der Waals surface area contributed by atoms with Gasteiger partial charge in [0, 0.05) is 11.8 Å². The maximum atomic E-state index is 13.6. The van der Waals surface area contributed by atoms with Gasteiger partial charge in [0.25, 0.3) is 11.8 Å². The molecule has 37 heavy (non-hydrogen) atoms. The van der Waals surface area contributed by atoms with Gasteiger partial charge in [0.1, 0.15) is 12.4 Å². The number of nitrogens with zero attached hydrogens (tertiary/aromatic N) is 2. The number of rotatable bonds is 5. The van der Waals surface area contributed by atoms with Gasteiger partial charge in [0.15, 0.2) is 0 Å². The molecule has 1 aliphatic heterocycles. The van der Waals surface area contributed by atoms with E-state index in [2.05, 4.69) is 29.4 Å². The zero-order chi connectivity index (χ0) is 24.9. The Morgan fingerprint density at radius 3 is 1.65 bits per heavy atom. The Bertz CT molecular complexity index is 1430. The largest absolute Gasteiger partial charge is 0.489 e. The van der Waals surface area contributed by atoms with Gasteiger partial charge in [0.05, 0.1) is 18.1 Å². The van der Waals surface area contributed by atoms with Crippen LogP contribution in [0.25, 0.3) is 0 Å². The number of amides is 2.